The molecule has 45 heavy (non-hydrogen) atoms. The molecule has 1 amide bonds. The number of nitrogens with zero attached hydrogens (tertiary/aromatic N) is 1. The summed E-state index contributed by atoms with van der Waals surface area (Å²) < 4.78 is 29.1. The number of methoxy groups -OCH3 is 2. The molecule has 2 N–H and O–H groups in total. The van der Waals surface area contributed by atoms with Gasteiger partial charge < -0.3 is 39.2 Å². The van der Waals surface area contributed by atoms with Crippen LogP contribution in [-0.4, -0.2) is 83.9 Å². The zero-order valence-corrected chi connectivity index (χ0v) is 28.2. The molecule has 2 aliphatic rings. The molecule has 1 saturated heterocycles. The molecule has 0 radical (unpaired) electrons. The van der Waals surface area contributed by atoms with Gasteiger partial charge in [-0.1, -0.05) is 37.3 Å². The quantitative estimate of drug-likeness (QED) is 0.236. The number of carbonyl (C=O) groups excluding carboxylic acids is 1. The highest BCUT2D eigenvalue weighted by molar-refractivity contribution is 5.73. The van der Waals surface area contributed by atoms with Gasteiger partial charge in [-0.2, -0.15) is 0 Å². The number of piperidine rings is 1. The van der Waals surface area contributed by atoms with E-state index in [1.54, 1.807) is 21.1 Å². The number of hydrogen-bond acceptors (Lipinski definition) is 8. The molecular formula is C36H55N3O6. The molecule has 0 aliphatic carbocycles. The molecule has 0 unspecified atom stereocenters. The molecule has 9 heteroatoms. The first kappa shape index (κ1) is 35.2. The average molecular weight is 626 g/mol. The van der Waals surface area contributed by atoms with E-state index in [2.05, 4.69) is 78.8 Å². The van der Waals surface area contributed by atoms with Crippen molar-refractivity contribution < 1.29 is 28.5 Å². The Morgan fingerprint density at radius 2 is 1.87 bits per heavy atom. The molecule has 250 valence electrons. The average Bonchev–Trinajstić information content (AvgIpc) is 3.00. The van der Waals surface area contributed by atoms with Crippen molar-refractivity contribution in [2.45, 2.75) is 83.8 Å². The van der Waals surface area contributed by atoms with E-state index in [0.29, 0.717) is 39.0 Å². The van der Waals surface area contributed by atoms with Crippen LogP contribution in [0.25, 0.3) is 0 Å². The first-order chi connectivity index (χ1) is 21.7. The van der Waals surface area contributed by atoms with Crippen molar-refractivity contribution in [2.75, 3.05) is 65.2 Å². The number of rotatable bonds is 17. The molecule has 1 fully saturated rings. The number of nitrogens with one attached hydrogen (secondary N) is 2. The fraction of sp³-hybridized carbons (Fsp3) is 0.639. The molecule has 9 nitrogen and oxygen atoms in total. The van der Waals surface area contributed by atoms with E-state index in [1.807, 2.05) is 0 Å². The van der Waals surface area contributed by atoms with E-state index in [4.69, 9.17) is 23.7 Å². The van der Waals surface area contributed by atoms with Crippen LogP contribution in [0.3, 0.4) is 0 Å². The van der Waals surface area contributed by atoms with Crippen molar-refractivity contribution in [3.05, 3.63) is 59.2 Å². The number of benzene rings is 2. The predicted octanol–water partition coefficient (Wildman–Crippen LogP) is 5.06. The van der Waals surface area contributed by atoms with Crippen LogP contribution in [-0.2, 0) is 37.0 Å². The molecule has 2 aromatic rings. The Morgan fingerprint density at radius 3 is 2.60 bits per heavy atom. The van der Waals surface area contributed by atoms with Crippen molar-refractivity contribution in [3.63, 3.8) is 0 Å². The molecule has 4 rings (SSSR count). The minimum atomic E-state index is -0.302. The van der Waals surface area contributed by atoms with E-state index < -0.39 is 0 Å². The third-order valence-electron chi connectivity index (χ3n) is 8.62. The standard InChI is InChI=1S/C36H55N3O6/c1-26(22-42-6)23-43-24-28-8-11-30(12-9-28)32-19-31(20-36(3,4)38-27(2)40)37-21-35(32)45-25-29-10-13-34-33(18-29)39(15-17-44-34)14-7-16-41-5/h8-13,18,26,31-32,35,37H,7,14-17,19-25H2,1-6H3,(H,38,40)/t26-,31+,32+,35-/m0/s1. The number of amides is 1. The van der Waals surface area contributed by atoms with Crippen LogP contribution in [0.4, 0.5) is 5.69 Å². The number of fused-ring (bicyclic) bond motifs is 1. The Labute approximate surface area is 270 Å². The highest BCUT2D eigenvalue weighted by atomic mass is 16.5. The Hall–Kier alpha value is -2.69. The number of ether oxygens (including phenoxy) is 5. The molecule has 2 aromatic carbocycles. The summed E-state index contributed by atoms with van der Waals surface area (Å²) in [5.74, 6) is 1.51. The van der Waals surface area contributed by atoms with Crippen molar-refractivity contribution in [3.8, 4) is 5.75 Å². The second kappa shape index (κ2) is 17.3. The summed E-state index contributed by atoms with van der Waals surface area (Å²) >= 11 is 0. The molecular weight excluding hydrogens is 570 g/mol. The fourth-order valence-electron chi connectivity index (χ4n) is 6.61. The van der Waals surface area contributed by atoms with E-state index in [1.165, 1.54) is 5.56 Å². The first-order valence-electron chi connectivity index (χ1n) is 16.5. The molecule has 0 saturated carbocycles. The summed E-state index contributed by atoms with van der Waals surface area (Å²) in [6, 6.07) is 15.5. The lowest BCUT2D eigenvalue weighted by Crippen LogP contribution is -2.52. The molecule has 2 heterocycles. The lowest BCUT2D eigenvalue weighted by atomic mass is 9.80. The first-order valence-corrected chi connectivity index (χ1v) is 16.5. The fourth-order valence-corrected chi connectivity index (χ4v) is 6.61. The maximum atomic E-state index is 11.8. The van der Waals surface area contributed by atoms with Gasteiger partial charge in [0.15, 0.2) is 0 Å². The van der Waals surface area contributed by atoms with Crippen LogP contribution in [0.15, 0.2) is 42.5 Å². The van der Waals surface area contributed by atoms with Crippen LogP contribution in [0.1, 0.15) is 69.6 Å². The number of carbonyl (C=O) groups is 1. The van der Waals surface area contributed by atoms with E-state index in [-0.39, 0.29) is 29.5 Å². The Balaban J connectivity index is 1.44. The SMILES string of the molecule is COCCCN1CCOc2ccc(CO[C@H]3CN[C@@H](CC(C)(C)NC(C)=O)C[C@@H]3c3ccc(COC[C@@H](C)COC)cc3)cc21. The lowest BCUT2D eigenvalue weighted by molar-refractivity contribution is -0.120. The normalized spacial score (nSPS) is 20.8. The van der Waals surface area contributed by atoms with Crippen LogP contribution >= 0.6 is 0 Å². The van der Waals surface area contributed by atoms with Crippen LogP contribution in [0.2, 0.25) is 0 Å². The second-order valence-corrected chi connectivity index (χ2v) is 13.4. The van der Waals surface area contributed by atoms with Crippen molar-refractivity contribution >= 4 is 11.6 Å². The Bertz CT molecular complexity index is 1190. The summed E-state index contributed by atoms with van der Waals surface area (Å²) in [4.78, 5) is 14.2. The third-order valence-corrected chi connectivity index (χ3v) is 8.62. The molecule has 4 atom stereocenters. The van der Waals surface area contributed by atoms with Gasteiger partial charge in [0.05, 0.1) is 44.8 Å². The summed E-state index contributed by atoms with van der Waals surface area (Å²) in [6.45, 7) is 14.4. The summed E-state index contributed by atoms with van der Waals surface area (Å²) in [7, 11) is 3.47. The van der Waals surface area contributed by atoms with Crippen LogP contribution < -0.4 is 20.3 Å². The number of anilines is 1. The summed E-state index contributed by atoms with van der Waals surface area (Å²) in [6.07, 6.45) is 2.74. The van der Waals surface area contributed by atoms with Gasteiger partial charge in [0, 0.05) is 64.3 Å². The molecule has 0 bridgehead atoms. The third kappa shape index (κ3) is 11.0. The highest BCUT2D eigenvalue weighted by Crippen LogP contribution is 2.35. The van der Waals surface area contributed by atoms with Gasteiger partial charge in [0.1, 0.15) is 12.4 Å². The van der Waals surface area contributed by atoms with E-state index in [9.17, 15) is 4.79 Å². The van der Waals surface area contributed by atoms with Gasteiger partial charge in [0.2, 0.25) is 5.91 Å². The van der Waals surface area contributed by atoms with Gasteiger partial charge in [-0.3, -0.25) is 4.79 Å². The van der Waals surface area contributed by atoms with Gasteiger partial charge in [0.25, 0.3) is 0 Å². The Kier molecular flexibility index (Phi) is 13.5. The zero-order chi connectivity index (χ0) is 32.2. The van der Waals surface area contributed by atoms with Crippen molar-refractivity contribution in [2.24, 2.45) is 5.92 Å². The largest absolute Gasteiger partial charge is 0.490 e. The minimum absolute atomic E-state index is 0.00398. The zero-order valence-electron chi connectivity index (χ0n) is 28.2. The van der Waals surface area contributed by atoms with Gasteiger partial charge in [-0.25, -0.2) is 0 Å². The summed E-state index contributed by atoms with van der Waals surface area (Å²) in [5, 5.41) is 6.85. The van der Waals surface area contributed by atoms with Crippen LogP contribution in [0.5, 0.6) is 5.75 Å². The summed E-state index contributed by atoms with van der Waals surface area (Å²) in [5.41, 5.74) is 4.39. The molecule has 2 aliphatic heterocycles. The second-order valence-electron chi connectivity index (χ2n) is 13.4. The van der Waals surface area contributed by atoms with E-state index in [0.717, 1.165) is 68.1 Å². The number of hydrogen-bond donors (Lipinski definition) is 2. The van der Waals surface area contributed by atoms with Gasteiger partial charge >= 0.3 is 0 Å². The van der Waals surface area contributed by atoms with Gasteiger partial charge in [-0.15, -0.1) is 0 Å². The highest BCUT2D eigenvalue weighted by Gasteiger charge is 2.35. The van der Waals surface area contributed by atoms with Crippen molar-refractivity contribution in [1.29, 1.82) is 0 Å². The maximum absolute atomic E-state index is 11.8. The molecule has 0 spiro atoms. The van der Waals surface area contributed by atoms with Crippen LogP contribution in [0, 0.1) is 5.92 Å². The predicted molar refractivity (Wildman–Crippen MR) is 178 cm³/mol. The Morgan fingerprint density at radius 1 is 1.09 bits per heavy atom. The van der Waals surface area contributed by atoms with Gasteiger partial charge in [-0.05, 0) is 61.9 Å². The topological polar surface area (TPSA) is 90.5 Å². The van der Waals surface area contributed by atoms with E-state index >= 15 is 0 Å². The lowest BCUT2D eigenvalue weighted by Gasteiger charge is -2.40. The van der Waals surface area contributed by atoms with Crippen molar-refractivity contribution in [1.82, 2.24) is 10.6 Å². The monoisotopic (exact) mass is 625 g/mol. The maximum Gasteiger partial charge on any atom is 0.217 e. The smallest absolute Gasteiger partial charge is 0.217 e. The minimum Gasteiger partial charge on any atom is -0.490 e. The molecule has 0 aromatic heterocycles.